The van der Waals surface area contributed by atoms with Crippen molar-refractivity contribution in [2.75, 3.05) is 27.9 Å². The lowest BCUT2D eigenvalue weighted by Gasteiger charge is -2.25. The van der Waals surface area contributed by atoms with Crippen LogP contribution in [0.4, 0.5) is 0 Å². The number of carboxylic acids is 1. The third-order valence-corrected chi connectivity index (χ3v) is 6.30. The molecule has 0 radical (unpaired) electrons. The minimum absolute atomic E-state index is 0.373. The number of carboxylic acid groups (broad SMARTS) is 1. The van der Waals surface area contributed by atoms with Gasteiger partial charge in [0.1, 0.15) is 25.9 Å². The SMILES string of the molecule is CO/N=C(\C(=N)N=N[NH2+]CCC1O[C@H](c2cccc(OC)c2OC)c2cc(Cl)ccc2-n2cccc21)C(=O)O. The Balaban J connectivity index is 1.63. The van der Waals surface area contributed by atoms with Crippen LogP contribution in [0, 0.1) is 5.41 Å². The molecule has 13 heteroatoms. The Morgan fingerprint density at radius 2 is 1.97 bits per heavy atom. The molecule has 0 aliphatic carbocycles. The zero-order valence-corrected chi connectivity index (χ0v) is 22.3. The van der Waals surface area contributed by atoms with Crippen molar-refractivity contribution in [2.45, 2.75) is 18.6 Å². The van der Waals surface area contributed by atoms with Gasteiger partial charge in [-0.05, 0) is 36.4 Å². The van der Waals surface area contributed by atoms with Gasteiger partial charge in [0, 0.05) is 34.0 Å². The number of carbonyl (C=O) groups is 1. The standard InChI is InChI=1S/C26H27ClN6O6/c1-36-21-8-4-6-16(24(21)37-2)23-17-14-15(27)9-10-18(17)33-13-5-7-19(33)20(39-23)11-12-29-32-30-25(28)22(26(34)35)31-38-3/h4-10,13-14,20,23H,11-12H2,1-3H3,(H,34,35)(H2,28,29,30)/p+1/b31-22+/t20?,23-/m1/s1. The normalized spacial score (nSPS) is 16.8. The molecule has 3 aromatic rings. The maximum Gasteiger partial charge on any atom is 0.362 e. The first-order valence-electron chi connectivity index (χ1n) is 11.9. The van der Waals surface area contributed by atoms with Crippen molar-refractivity contribution in [3.63, 3.8) is 0 Å². The molecule has 0 bridgehead atoms. The zero-order chi connectivity index (χ0) is 27.9. The molecule has 0 fully saturated rings. The lowest BCUT2D eigenvalue weighted by molar-refractivity contribution is -0.669. The number of aliphatic carboxylic acids is 1. The first-order chi connectivity index (χ1) is 18.9. The van der Waals surface area contributed by atoms with Gasteiger partial charge in [0.15, 0.2) is 11.5 Å². The number of aromatic nitrogens is 1. The number of methoxy groups -OCH3 is 2. The number of hydrogen-bond donors (Lipinski definition) is 3. The quantitative estimate of drug-likeness (QED) is 0.0864. The molecule has 0 saturated heterocycles. The van der Waals surface area contributed by atoms with Crippen LogP contribution < -0.4 is 14.9 Å². The van der Waals surface area contributed by atoms with Gasteiger partial charge in [0.25, 0.3) is 0 Å². The lowest BCUT2D eigenvalue weighted by Crippen LogP contribution is -2.78. The van der Waals surface area contributed by atoms with Crippen molar-refractivity contribution in [3.05, 3.63) is 76.6 Å². The number of quaternary nitrogens is 1. The molecule has 0 saturated carbocycles. The number of nitrogens with one attached hydrogen (secondary N) is 1. The molecule has 4 rings (SSSR count). The maximum atomic E-state index is 11.2. The Kier molecular flexibility index (Phi) is 8.92. The highest BCUT2D eigenvalue weighted by Crippen LogP contribution is 2.46. The average Bonchev–Trinajstić information content (AvgIpc) is 3.37. The molecule has 1 unspecified atom stereocenters. The first kappa shape index (κ1) is 27.8. The molecule has 2 aromatic carbocycles. The number of fused-ring (bicyclic) bond motifs is 3. The van der Waals surface area contributed by atoms with Gasteiger partial charge in [-0.1, -0.05) is 34.0 Å². The van der Waals surface area contributed by atoms with Gasteiger partial charge in [0.05, 0.1) is 25.6 Å². The third kappa shape index (κ3) is 5.93. The Morgan fingerprint density at radius 1 is 1.15 bits per heavy atom. The number of nitrogens with zero attached hydrogens (tertiary/aromatic N) is 4. The Labute approximate surface area is 229 Å². The van der Waals surface area contributed by atoms with Gasteiger partial charge in [-0.25, -0.2) is 10.2 Å². The van der Waals surface area contributed by atoms with E-state index in [4.69, 9.17) is 36.3 Å². The Morgan fingerprint density at radius 3 is 2.69 bits per heavy atom. The van der Waals surface area contributed by atoms with Gasteiger partial charge in [-0.3, -0.25) is 5.41 Å². The number of hydrogen-bond acceptors (Lipinski definition) is 8. The average molecular weight is 556 g/mol. The van der Waals surface area contributed by atoms with Crippen LogP contribution in [0.2, 0.25) is 5.02 Å². The molecule has 204 valence electrons. The number of para-hydroxylation sites is 1. The van der Waals surface area contributed by atoms with Crippen molar-refractivity contribution >= 4 is 29.1 Å². The van der Waals surface area contributed by atoms with Crippen molar-refractivity contribution in [1.82, 2.24) is 4.57 Å². The second-order valence-corrected chi connectivity index (χ2v) is 8.78. The molecule has 2 atom stereocenters. The lowest BCUT2D eigenvalue weighted by atomic mass is 9.98. The molecule has 1 aromatic heterocycles. The van der Waals surface area contributed by atoms with E-state index in [1.165, 1.54) is 12.5 Å². The summed E-state index contributed by atoms with van der Waals surface area (Å²) >= 11 is 6.44. The summed E-state index contributed by atoms with van der Waals surface area (Å²) in [5, 5.41) is 28.2. The highest BCUT2D eigenvalue weighted by atomic mass is 35.5. The summed E-state index contributed by atoms with van der Waals surface area (Å²) in [6, 6.07) is 15.3. The van der Waals surface area contributed by atoms with Gasteiger partial charge in [-0.15, -0.1) is 0 Å². The monoisotopic (exact) mass is 555 g/mol. The zero-order valence-electron chi connectivity index (χ0n) is 21.5. The number of ether oxygens (including phenoxy) is 3. The molecule has 1 aliphatic heterocycles. The number of nitrogens with two attached hydrogens (primary N) is 1. The third-order valence-electron chi connectivity index (χ3n) is 6.06. The molecule has 4 N–H and O–H groups in total. The summed E-state index contributed by atoms with van der Waals surface area (Å²) in [6.07, 6.45) is 1.57. The fourth-order valence-electron chi connectivity index (χ4n) is 4.42. The molecular weight excluding hydrogens is 528 g/mol. The molecule has 12 nitrogen and oxygen atoms in total. The summed E-state index contributed by atoms with van der Waals surface area (Å²) < 4.78 is 20.1. The number of oxime groups is 1. The fourth-order valence-corrected chi connectivity index (χ4v) is 4.60. The minimum atomic E-state index is -1.44. The van der Waals surface area contributed by atoms with Gasteiger partial charge in [0.2, 0.25) is 11.5 Å². The molecule has 0 spiro atoms. The number of halogens is 1. The smallest absolute Gasteiger partial charge is 0.362 e. The molecule has 1 aliphatic rings. The molecule has 39 heavy (non-hydrogen) atoms. The van der Waals surface area contributed by atoms with Crippen LogP contribution in [0.1, 0.15) is 35.4 Å². The van der Waals surface area contributed by atoms with Crippen molar-refractivity contribution in [3.8, 4) is 17.2 Å². The van der Waals surface area contributed by atoms with E-state index in [0.717, 1.165) is 22.5 Å². The van der Waals surface area contributed by atoms with E-state index < -0.39 is 23.6 Å². The van der Waals surface area contributed by atoms with Crippen LogP contribution in [0.3, 0.4) is 0 Å². The fraction of sp³-hybridized carbons (Fsp3) is 0.269. The first-order valence-corrected chi connectivity index (χ1v) is 12.3. The number of rotatable bonds is 10. The number of benzene rings is 2. The second-order valence-electron chi connectivity index (χ2n) is 8.35. The van der Waals surface area contributed by atoms with E-state index in [0.29, 0.717) is 29.5 Å². The van der Waals surface area contributed by atoms with Crippen LogP contribution in [0.5, 0.6) is 11.5 Å². The predicted molar refractivity (Wildman–Crippen MR) is 142 cm³/mol. The van der Waals surface area contributed by atoms with Crippen LogP contribution in [0.25, 0.3) is 5.69 Å². The topological polar surface area (TPSA) is 157 Å². The van der Waals surface area contributed by atoms with Crippen LogP contribution in [0.15, 0.2) is 70.2 Å². The summed E-state index contributed by atoms with van der Waals surface area (Å²) in [7, 11) is 4.35. The summed E-state index contributed by atoms with van der Waals surface area (Å²) in [5.41, 5.74) is 4.35. The second kappa shape index (κ2) is 12.5. The summed E-state index contributed by atoms with van der Waals surface area (Å²) in [5.74, 6) is -0.923. The van der Waals surface area contributed by atoms with Gasteiger partial charge in [-0.2, -0.15) is 0 Å². The van der Waals surface area contributed by atoms with E-state index in [2.05, 4.69) is 24.9 Å². The predicted octanol–water partition coefficient (Wildman–Crippen LogP) is 3.69. The largest absolute Gasteiger partial charge is 0.493 e. The van der Waals surface area contributed by atoms with E-state index in [1.54, 1.807) is 14.2 Å². The van der Waals surface area contributed by atoms with Crippen molar-refractivity contribution < 1.29 is 34.4 Å². The molecule has 2 heterocycles. The van der Waals surface area contributed by atoms with Crippen molar-refractivity contribution in [2.24, 2.45) is 15.5 Å². The Hall–Kier alpha value is -4.26. The minimum Gasteiger partial charge on any atom is -0.493 e. The van der Waals surface area contributed by atoms with Gasteiger partial charge < -0.3 is 28.7 Å². The summed E-state index contributed by atoms with van der Waals surface area (Å²) in [6.45, 7) is 0.426. The molecular formula is C26H28ClN6O6+. The summed E-state index contributed by atoms with van der Waals surface area (Å²) in [4.78, 5) is 15.6. The van der Waals surface area contributed by atoms with Crippen LogP contribution in [-0.4, -0.2) is 55.1 Å². The Bertz CT molecular complexity index is 1420. The number of amidine groups is 1. The highest BCUT2D eigenvalue weighted by molar-refractivity contribution is 6.64. The van der Waals surface area contributed by atoms with Crippen LogP contribution in [-0.2, 0) is 14.4 Å². The molecule has 0 amide bonds. The van der Waals surface area contributed by atoms with E-state index in [9.17, 15) is 4.79 Å². The maximum absolute atomic E-state index is 11.2. The van der Waals surface area contributed by atoms with Crippen LogP contribution >= 0.6 is 11.6 Å². The van der Waals surface area contributed by atoms with E-state index in [-0.39, 0.29) is 6.10 Å². The highest BCUT2D eigenvalue weighted by Gasteiger charge is 2.33. The van der Waals surface area contributed by atoms with Gasteiger partial charge >= 0.3 is 5.97 Å². The van der Waals surface area contributed by atoms with E-state index in [1.807, 2.05) is 54.7 Å². The van der Waals surface area contributed by atoms with E-state index >= 15 is 0 Å². The van der Waals surface area contributed by atoms with Crippen molar-refractivity contribution in [1.29, 1.82) is 5.41 Å².